The van der Waals surface area contributed by atoms with Gasteiger partial charge >= 0.3 is 0 Å². The fraction of sp³-hybridized carbons (Fsp3) is 0. The second kappa shape index (κ2) is 2.27. The summed E-state index contributed by atoms with van der Waals surface area (Å²) in [5.41, 5.74) is 7.24. The molecule has 2 aromatic rings. The largest absolute Gasteiger partial charge is 0.464 e. The van der Waals surface area contributed by atoms with E-state index in [-0.39, 0.29) is 0 Å². The van der Waals surface area contributed by atoms with Crippen molar-refractivity contribution in [1.82, 2.24) is 0 Å². The number of benzene rings is 1. The van der Waals surface area contributed by atoms with Crippen LogP contribution in [0.1, 0.15) is 0 Å². The summed E-state index contributed by atoms with van der Waals surface area (Å²) in [5, 5.41) is 1.02. The molecule has 1 heterocycles. The minimum absolute atomic E-state index is 0.735. The van der Waals surface area contributed by atoms with E-state index in [9.17, 15) is 0 Å². The van der Waals surface area contributed by atoms with Gasteiger partial charge in [-0.3, -0.25) is 0 Å². The maximum atomic E-state index is 5.66. The molecule has 0 saturated heterocycles. The second-order valence-corrected chi connectivity index (χ2v) is 3.09. The van der Waals surface area contributed by atoms with Crippen LogP contribution >= 0.6 is 15.9 Å². The number of halogens is 1. The fourth-order valence-electron chi connectivity index (χ4n) is 1.03. The predicted molar refractivity (Wildman–Crippen MR) is 48.3 cm³/mol. The molecule has 0 aliphatic carbocycles. The van der Waals surface area contributed by atoms with Crippen LogP contribution in [0, 0.1) is 0 Å². The van der Waals surface area contributed by atoms with Crippen molar-refractivity contribution in [3.8, 4) is 0 Å². The smallest absolute Gasteiger partial charge is 0.135 e. The normalized spacial score (nSPS) is 10.6. The van der Waals surface area contributed by atoms with Crippen molar-refractivity contribution < 1.29 is 4.42 Å². The average Bonchev–Trinajstić information content (AvgIpc) is 2.45. The van der Waals surface area contributed by atoms with Gasteiger partial charge < -0.3 is 10.2 Å². The molecule has 1 aromatic carbocycles. The van der Waals surface area contributed by atoms with Gasteiger partial charge in [-0.15, -0.1) is 0 Å². The van der Waals surface area contributed by atoms with Gasteiger partial charge in [-0.2, -0.15) is 0 Å². The standard InChI is InChI=1S/C8H6BrNO/c9-8-5-3-4-11-7(5)2-1-6(8)10/h1-4H,10H2. The first kappa shape index (κ1) is 6.73. The Morgan fingerprint density at radius 1 is 1.27 bits per heavy atom. The van der Waals surface area contributed by atoms with E-state index in [1.165, 1.54) is 0 Å². The highest BCUT2D eigenvalue weighted by molar-refractivity contribution is 9.10. The topological polar surface area (TPSA) is 39.2 Å². The van der Waals surface area contributed by atoms with Crippen LogP contribution < -0.4 is 5.73 Å². The molecule has 0 fully saturated rings. The molecule has 56 valence electrons. The zero-order valence-electron chi connectivity index (χ0n) is 5.67. The lowest BCUT2D eigenvalue weighted by Gasteiger charge is -1.96. The number of fused-ring (bicyclic) bond motifs is 1. The van der Waals surface area contributed by atoms with Crippen molar-refractivity contribution in [2.75, 3.05) is 5.73 Å². The molecule has 0 atom stereocenters. The zero-order chi connectivity index (χ0) is 7.84. The molecule has 11 heavy (non-hydrogen) atoms. The van der Waals surface area contributed by atoms with E-state index in [1.54, 1.807) is 6.26 Å². The maximum absolute atomic E-state index is 5.66. The molecule has 0 unspecified atom stereocenters. The lowest BCUT2D eigenvalue weighted by Crippen LogP contribution is -1.84. The Labute approximate surface area is 72.1 Å². The molecule has 0 radical (unpaired) electrons. The average molecular weight is 212 g/mol. The number of hydrogen-bond donors (Lipinski definition) is 1. The quantitative estimate of drug-likeness (QED) is 0.682. The third-order valence-corrected chi connectivity index (χ3v) is 2.48. The van der Waals surface area contributed by atoms with E-state index < -0.39 is 0 Å². The van der Waals surface area contributed by atoms with Gasteiger partial charge in [-0.1, -0.05) is 0 Å². The van der Waals surface area contributed by atoms with Gasteiger partial charge in [0.05, 0.1) is 10.7 Å². The predicted octanol–water partition coefficient (Wildman–Crippen LogP) is 2.78. The summed E-state index contributed by atoms with van der Waals surface area (Å²) in [6.07, 6.45) is 1.65. The first-order valence-corrected chi connectivity index (χ1v) is 3.99. The van der Waals surface area contributed by atoms with Gasteiger partial charge in [0.1, 0.15) is 5.58 Å². The molecule has 0 saturated carbocycles. The molecule has 3 heteroatoms. The number of anilines is 1. The van der Waals surface area contributed by atoms with Crippen LogP contribution in [0.2, 0.25) is 0 Å². The highest BCUT2D eigenvalue weighted by Crippen LogP contribution is 2.29. The Bertz CT molecular complexity index is 394. The van der Waals surface area contributed by atoms with Crippen LogP contribution in [0.3, 0.4) is 0 Å². The Balaban J connectivity index is 2.93. The van der Waals surface area contributed by atoms with E-state index in [2.05, 4.69) is 15.9 Å². The van der Waals surface area contributed by atoms with E-state index in [0.29, 0.717) is 0 Å². The first-order chi connectivity index (χ1) is 5.29. The zero-order valence-corrected chi connectivity index (χ0v) is 7.26. The van der Waals surface area contributed by atoms with Gasteiger partial charge in [-0.25, -0.2) is 0 Å². The van der Waals surface area contributed by atoms with Gasteiger partial charge in [0, 0.05) is 11.1 Å². The highest BCUT2D eigenvalue weighted by atomic mass is 79.9. The second-order valence-electron chi connectivity index (χ2n) is 2.30. The van der Waals surface area contributed by atoms with Crippen LogP contribution in [0.5, 0.6) is 0 Å². The molecular weight excluding hydrogens is 206 g/mol. The molecular formula is C8H6BrNO. The summed E-state index contributed by atoms with van der Waals surface area (Å²) in [4.78, 5) is 0. The van der Waals surface area contributed by atoms with Crippen LogP contribution in [0.25, 0.3) is 11.0 Å². The van der Waals surface area contributed by atoms with Crippen molar-refractivity contribution in [1.29, 1.82) is 0 Å². The van der Waals surface area contributed by atoms with E-state index in [1.807, 2.05) is 18.2 Å². The Hall–Kier alpha value is -0.960. The van der Waals surface area contributed by atoms with Gasteiger partial charge in [0.25, 0.3) is 0 Å². The van der Waals surface area contributed by atoms with Crippen molar-refractivity contribution in [3.05, 3.63) is 28.9 Å². The highest BCUT2D eigenvalue weighted by Gasteiger charge is 2.02. The molecule has 0 spiro atoms. The van der Waals surface area contributed by atoms with Crippen molar-refractivity contribution in [2.45, 2.75) is 0 Å². The molecule has 0 amide bonds. The molecule has 2 nitrogen and oxygen atoms in total. The fourth-order valence-corrected chi connectivity index (χ4v) is 1.49. The molecule has 2 rings (SSSR count). The summed E-state index contributed by atoms with van der Waals surface area (Å²) < 4.78 is 6.07. The van der Waals surface area contributed by atoms with Gasteiger partial charge in [0.15, 0.2) is 0 Å². The maximum Gasteiger partial charge on any atom is 0.135 e. The molecule has 1 aromatic heterocycles. The van der Waals surface area contributed by atoms with Crippen LogP contribution in [0.4, 0.5) is 5.69 Å². The summed E-state index contributed by atoms with van der Waals surface area (Å²) in [6.45, 7) is 0. The Kier molecular flexibility index (Phi) is 1.39. The molecule has 0 aliphatic rings. The molecule has 0 bridgehead atoms. The minimum Gasteiger partial charge on any atom is -0.464 e. The summed E-state index contributed by atoms with van der Waals surface area (Å²) >= 11 is 3.37. The lowest BCUT2D eigenvalue weighted by atomic mass is 10.2. The molecule has 2 N–H and O–H groups in total. The third kappa shape index (κ3) is 0.922. The number of rotatable bonds is 0. The first-order valence-electron chi connectivity index (χ1n) is 3.20. The minimum atomic E-state index is 0.735. The number of nitrogen functional groups attached to an aromatic ring is 1. The van der Waals surface area contributed by atoms with E-state index in [4.69, 9.17) is 10.2 Å². The molecule has 0 aliphatic heterocycles. The van der Waals surface area contributed by atoms with Crippen molar-refractivity contribution in [3.63, 3.8) is 0 Å². The Morgan fingerprint density at radius 2 is 2.09 bits per heavy atom. The van der Waals surface area contributed by atoms with E-state index in [0.717, 1.165) is 21.1 Å². The summed E-state index contributed by atoms with van der Waals surface area (Å²) in [6, 6.07) is 5.56. The third-order valence-electron chi connectivity index (χ3n) is 1.60. The van der Waals surface area contributed by atoms with Gasteiger partial charge in [-0.05, 0) is 34.1 Å². The van der Waals surface area contributed by atoms with Crippen molar-refractivity contribution >= 4 is 32.6 Å². The number of hydrogen-bond acceptors (Lipinski definition) is 2. The number of furan rings is 1. The van der Waals surface area contributed by atoms with Crippen LogP contribution in [-0.2, 0) is 0 Å². The van der Waals surface area contributed by atoms with Crippen LogP contribution in [0.15, 0.2) is 33.4 Å². The van der Waals surface area contributed by atoms with E-state index >= 15 is 0 Å². The Morgan fingerprint density at radius 3 is 2.91 bits per heavy atom. The van der Waals surface area contributed by atoms with Crippen LogP contribution in [-0.4, -0.2) is 0 Å². The lowest BCUT2D eigenvalue weighted by molar-refractivity contribution is 0.616. The van der Waals surface area contributed by atoms with Crippen molar-refractivity contribution in [2.24, 2.45) is 0 Å². The number of nitrogens with two attached hydrogens (primary N) is 1. The van der Waals surface area contributed by atoms with Gasteiger partial charge in [0.2, 0.25) is 0 Å². The summed E-state index contributed by atoms with van der Waals surface area (Å²) in [5.74, 6) is 0. The summed E-state index contributed by atoms with van der Waals surface area (Å²) in [7, 11) is 0. The SMILES string of the molecule is Nc1ccc2occc2c1Br. The monoisotopic (exact) mass is 211 g/mol.